The van der Waals surface area contributed by atoms with Gasteiger partial charge in [0.05, 0.1) is 12.2 Å². The molecule has 2 aliphatic rings. The number of carbonyl (C=O) groups is 1. The van der Waals surface area contributed by atoms with Crippen LogP contribution in [-0.4, -0.2) is 36.2 Å². The van der Waals surface area contributed by atoms with Crippen molar-refractivity contribution >= 4 is 23.3 Å². The molecule has 2 saturated heterocycles. The fraction of sp³-hybridized carbons (Fsp3) is 0.533. The third-order valence-corrected chi connectivity index (χ3v) is 4.76. The minimum Gasteiger partial charge on any atom is -0.375 e. The fourth-order valence-corrected chi connectivity index (χ4v) is 2.94. The minimum absolute atomic E-state index is 0.0408. The number of nitrogens with zero attached hydrogens (tertiary/aromatic N) is 1. The Morgan fingerprint density at radius 1 is 1.35 bits per heavy atom. The minimum atomic E-state index is -0.0408. The fourth-order valence-electron chi connectivity index (χ4n) is 2.83. The maximum atomic E-state index is 12.2. The zero-order valence-electron chi connectivity index (χ0n) is 11.6. The van der Waals surface area contributed by atoms with Gasteiger partial charge in [-0.2, -0.15) is 0 Å². The summed E-state index contributed by atoms with van der Waals surface area (Å²) < 4.78 is 5.66. The third kappa shape index (κ3) is 2.63. The summed E-state index contributed by atoms with van der Waals surface area (Å²) in [5, 5.41) is 3.64. The summed E-state index contributed by atoms with van der Waals surface area (Å²) in [5.74, 6) is 0. The van der Waals surface area contributed by atoms with Gasteiger partial charge in [0.2, 0.25) is 0 Å². The monoisotopic (exact) mass is 294 g/mol. The number of hydrogen-bond acceptors (Lipinski definition) is 2. The average Bonchev–Trinajstić information content (AvgIpc) is 2.41. The molecule has 0 atom stereocenters. The maximum absolute atomic E-state index is 12.2. The smallest absolute Gasteiger partial charge is 0.321 e. The van der Waals surface area contributed by atoms with E-state index in [4.69, 9.17) is 16.3 Å². The quantitative estimate of drug-likeness (QED) is 0.862. The molecule has 108 valence electrons. The molecule has 0 radical (unpaired) electrons. The van der Waals surface area contributed by atoms with Crippen molar-refractivity contribution in [2.75, 3.05) is 25.0 Å². The summed E-state index contributed by atoms with van der Waals surface area (Å²) in [6.45, 7) is 4.32. The molecule has 4 nitrogen and oxygen atoms in total. The molecular formula is C15H19ClN2O2. The number of piperidine rings is 1. The van der Waals surface area contributed by atoms with Crippen LogP contribution in [0.25, 0.3) is 0 Å². The number of hydrogen-bond donors (Lipinski definition) is 1. The standard InChI is InChI=1S/C15H19ClN2O2/c1-11-10-12(2-3-13(11)16)17-14(19)18-7-4-15(5-8-18)6-9-20-15/h2-3,10H,4-9H2,1H3,(H,17,19). The van der Waals surface area contributed by atoms with Gasteiger partial charge >= 0.3 is 6.03 Å². The van der Waals surface area contributed by atoms with Crippen LogP contribution in [0.2, 0.25) is 5.02 Å². The Kier molecular flexibility index (Phi) is 3.61. The van der Waals surface area contributed by atoms with Crippen LogP contribution >= 0.6 is 11.6 Å². The molecule has 3 rings (SSSR count). The number of likely N-dealkylation sites (tertiary alicyclic amines) is 1. The zero-order valence-corrected chi connectivity index (χ0v) is 12.4. The van der Waals surface area contributed by atoms with E-state index >= 15 is 0 Å². The maximum Gasteiger partial charge on any atom is 0.321 e. The molecule has 1 N–H and O–H groups in total. The molecule has 0 unspecified atom stereocenters. The number of anilines is 1. The summed E-state index contributed by atoms with van der Waals surface area (Å²) in [5.41, 5.74) is 1.83. The number of carbonyl (C=O) groups excluding carboxylic acids is 1. The molecule has 1 aromatic rings. The Balaban J connectivity index is 1.58. The highest BCUT2D eigenvalue weighted by Gasteiger charge is 2.41. The Labute approximate surface area is 124 Å². The van der Waals surface area contributed by atoms with E-state index in [2.05, 4.69) is 5.32 Å². The van der Waals surface area contributed by atoms with E-state index in [1.165, 1.54) is 0 Å². The highest BCUT2D eigenvalue weighted by Crippen LogP contribution is 2.36. The first-order chi connectivity index (χ1) is 9.58. The van der Waals surface area contributed by atoms with E-state index in [1.807, 2.05) is 24.0 Å². The summed E-state index contributed by atoms with van der Waals surface area (Å²) in [7, 11) is 0. The predicted molar refractivity (Wildman–Crippen MR) is 79.3 cm³/mol. The Morgan fingerprint density at radius 2 is 2.05 bits per heavy atom. The van der Waals surface area contributed by atoms with Gasteiger partial charge in [-0.3, -0.25) is 0 Å². The number of rotatable bonds is 1. The molecular weight excluding hydrogens is 276 g/mol. The van der Waals surface area contributed by atoms with Crippen LogP contribution in [0.4, 0.5) is 10.5 Å². The van der Waals surface area contributed by atoms with Crippen molar-refractivity contribution in [1.29, 1.82) is 0 Å². The first-order valence-electron chi connectivity index (χ1n) is 7.04. The van der Waals surface area contributed by atoms with Gasteiger partial charge in [0.25, 0.3) is 0 Å². The Hall–Kier alpha value is -1.26. The molecule has 5 heteroatoms. The highest BCUT2D eigenvalue weighted by molar-refractivity contribution is 6.31. The predicted octanol–water partition coefficient (Wildman–Crippen LogP) is 3.44. The third-order valence-electron chi connectivity index (χ3n) is 4.34. The summed E-state index contributed by atoms with van der Waals surface area (Å²) >= 11 is 5.98. The number of nitrogens with one attached hydrogen (secondary N) is 1. The van der Waals surface area contributed by atoms with Crippen LogP contribution < -0.4 is 5.32 Å². The molecule has 0 aromatic heterocycles. The molecule has 0 saturated carbocycles. The number of amides is 2. The van der Waals surface area contributed by atoms with E-state index in [1.54, 1.807) is 6.07 Å². The van der Waals surface area contributed by atoms with Gasteiger partial charge in [-0.1, -0.05) is 11.6 Å². The van der Waals surface area contributed by atoms with Crippen LogP contribution in [-0.2, 0) is 4.74 Å². The molecule has 2 aliphatic heterocycles. The number of benzene rings is 1. The average molecular weight is 295 g/mol. The lowest BCUT2D eigenvalue weighted by atomic mass is 9.84. The number of ether oxygens (including phenoxy) is 1. The summed E-state index contributed by atoms with van der Waals surface area (Å²) in [4.78, 5) is 14.1. The lowest BCUT2D eigenvalue weighted by Gasteiger charge is -2.47. The second kappa shape index (κ2) is 5.26. The van der Waals surface area contributed by atoms with Crippen molar-refractivity contribution in [2.45, 2.75) is 31.8 Å². The molecule has 2 amide bonds. The van der Waals surface area contributed by atoms with Crippen molar-refractivity contribution in [1.82, 2.24) is 4.90 Å². The van der Waals surface area contributed by atoms with E-state index in [0.29, 0.717) is 5.02 Å². The van der Waals surface area contributed by atoms with E-state index in [-0.39, 0.29) is 11.6 Å². The van der Waals surface area contributed by atoms with Crippen LogP contribution in [0.1, 0.15) is 24.8 Å². The van der Waals surface area contributed by atoms with Crippen LogP contribution in [0.3, 0.4) is 0 Å². The molecule has 2 fully saturated rings. The molecule has 0 aliphatic carbocycles. The molecule has 0 bridgehead atoms. The SMILES string of the molecule is Cc1cc(NC(=O)N2CCC3(CCO3)CC2)ccc1Cl. The topological polar surface area (TPSA) is 41.6 Å². The Bertz CT molecular complexity index is 519. The lowest BCUT2D eigenvalue weighted by Crippen LogP contribution is -2.54. The summed E-state index contributed by atoms with van der Waals surface area (Å²) in [6.07, 6.45) is 3.03. The molecule has 2 heterocycles. The van der Waals surface area contributed by atoms with Gasteiger partial charge in [-0.25, -0.2) is 4.79 Å². The van der Waals surface area contributed by atoms with E-state index in [9.17, 15) is 4.79 Å². The number of urea groups is 1. The molecule has 20 heavy (non-hydrogen) atoms. The first kappa shape index (κ1) is 13.7. The van der Waals surface area contributed by atoms with Gasteiger partial charge in [-0.15, -0.1) is 0 Å². The van der Waals surface area contributed by atoms with Crippen molar-refractivity contribution in [3.8, 4) is 0 Å². The van der Waals surface area contributed by atoms with E-state index in [0.717, 1.165) is 50.2 Å². The van der Waals surface area contributed by atoms with Crippen molar-refractivity contribution in [3.05, 3.63) is 28.8 Å². The largest absolute Gasteiger partial charge is 0.375 e. The van der Waals surface area contributed by atoms with Crippen molar-refractivity contribution in [3.63, 3.8) is 0 Å². The van der Waals surface area contributed by atoms with Gasteiger partial charge in [0.1, 0.15) is 0 Å². The number of aryl methyl sites for hydroxylation is 1. The molecule has 1 spiro atoms. The zero-order chi connectivity index (χ0) is 14.2. The van der Waals surface area contributed by atoms with Gasteiger partial charge in [0, 0.05) is 23.8 Å². The van der Waals surface area contributed by atoms with Crippen LogP contribution in [0.15, 0.2) is 18.2 Å². The molecule has 1 aromatic carbocycles. The van der Waals surface area contributed by atoms with Gasteiger partial charge in [-0.05, 0) is 49.9 Å². The van der Waals surface area contributed by atoms with Gasteiger partial charge in [0.15, 0.2) is 0 Å². The lowest BCUT2D eigenvalue weighted by molar-refractivity contribution is -0.168. The van der Waals surface area contributed by atoms with Crippen LogP contribution in [0.5, 0.6) is 0 Å². The first-order valence-corrected chi connectivity index (χ1v) is 7.42. The second-order valence-electron chi connectivity index (χ2n) is 5.66. The van der Waals surface area contributed by atoms with E-state index < -0.39 is 0 Å². The van der Waals surface area contributed by atoms with Gasteiger partial charge < -0.3 is 15.0 Å². The van der Waals surface area contributed by atoms with Crippen LogP contribution in [0, 0.1) is 6.92 Å². The normalized spacial score (nSPS) is 20.6. The van der Waals surface area contributed by atoms with Crippen molar-refractivity contribution in [2.24, 2.45) is 0 Å². The number of halogens is 1. The second-order valence-corrected chi connectivity index (χ2v) is 6.07. The highest BCUT2D eigenvalue weighted by atomic mass is 35.5. The Morgan fingerprint density at radius 3 is 2.60 bits per heavy atom. The van der Waals surface area contributed by atoms with Crippen molar-refractivity contribution < 1.29 is 9.53 Å². The summed E-state index contributed by atoms with van der Waals surface area (Å²) in [6, 6.07) is 5.48.